The van der Waals surface area contributed by atoms with Crippen molar-refractivity contribution < 1.29 is 0 Å². The van der Waals surface area contributed by atoms with E-state index in [1.54, 1.807) is 0 Å². The Bertz CT molecular complexity index is 587. The molecule has 2 aromatic rings. The summed E-state index contributed by atoms with van der Waals surface area (Å²) in [6, 6.07) is 9.56. The summed E-state index contributed by atoms with van der Waals surface area (Å²) < 4.78 is 1.89. The number of hydrogen-bond acceptors (Lipinski definition) is 3. The Morgan fingerprint density at radius 2 is 1.94 bits per heavy atom. The lowest BCUT2D eigenvalue weighted by atomic mass is 10.2. The van der Waals surface area contributed by atoms with Gasteiger partial charge in [-0.15, -0.1) is 0 Å². The van der Waals surface area contributed by atoms with Crippen LogP contribution in [0.5, 0.6) is 0 Å². The number of rotatable bonds is 3. The summed E-state index contributed by atoms with van der Waals surface area (Å²) in [5.74, 6) is 0. The highest BCUT2D eigenvalue weighted by Gasteiger charge is 2.08. The van der Waals surface area contributed by atoms with Gasteiger partial charge in [0.2, 0.25) is 0 Å². The highest BCUT2D eigenvalue weighted by atomic mass is 15.3. The van der Waals surface area contributed by atoms with E-state index >= 15 is 0 Å². The molecule has 1 heterocycles. The maximum absolute atomic E-state index is 8.73. The molecule has 0 saturated heterocycles. The normalized spacial score (nSPS) is 10.1. The van der Waals surface area contributed by atoms with Gasteiger partial charge in [0.05, 0.1) is 17.3 Å². The molecular weight excluding hydrogens is 224 g/mol. The van der Waals surface area contributed by atoms with Crippen molar-refractivity contribution in [3.05, 3.63) is 46.8 Å². The minimum Gasteiger partial charge on any atom is -0.381 e. The van der Waals surface area contributed by atoms with Crippen molar-refractivity contribution in [1.82, 2.24) is 9.78 Å². The van der Waals surface area contributed by atoms with Crippen LogP contribution in [0.15, 0.2) is 24.3 Å². The number of hydrogen-bond donors (Lipinski definition) is 1. The van der Waals surface area contributed by atoms with Crippen molar-refractivity contribution >= 4 is 5.69 Å². The fourth-order valence-electron chi connectivity index (χ4n) is 1.93. The number of anilines is 1. The molecule has 0 saturated carbocycles. The van der Waals surface area contributed by atoms with Gasteiger partial charge in [0.25, 0.3) is 0 Å². The molecule has 0 fully saturated rings. The van der Waals surface area contributed by atoms with E-state index in [2.05, 4.69) is 23.4 Å². The molecule has 0 amide bonds. The lowest BCUT2D eigenvalue weighted by Gasteiger charge is -2.07. The third-order valence-corrected chi connectivity index (χ3v) is 3.14. The maximum Gasteiger partial charge on any atom is 0.0991 e. The molecule has 0 radical (unpaired) electrons. The summed E-state index contributed by atoms with van der Waals surface area (Å²) in [6.45, 7) is 4.83. The molecular formula is C14H16N4. The number of benzene rings is 1. The first-order valence-corrected chi connectivity index (χ1v) is 5.85. The molecule has 0 aliphatic heterocycles. The standard InChI is InChI=1S/C14H16N4/c1-10-14(11(2)18(3)17-10)9-16-13-6-4-12(8-15)5-7-13/h4-7,16H,9H2,1-3H3. The third-order valence-electron chi connectivity index (χ3n) is 3.14. The first kappa shape index (κ1) is 12.2. The molecule has 18 heavy (non-hydrogen) atoms. The van der Waals surface area contributed by atoms with Gasteiger partial charge in [0, 0.05) is 30.5 Å². The molecule has 92 valence electrons. The Labute approximate surface area is 107 Å². The van der Waals surface area contributed by atoms with E-state index < -0.39 is 0 Å². The lowest BCUT2D eigenvalue weighted by Crippen LogP contribution is -2.02. The van der Waals surface area contributed by atoms with Gasteiger partial charge in [-0.2, -0.15) is 10.4 Å². The Hall–Kier alpha value is -2.28. The summed E-state index contributed by atoms with van der Waals surface area (Å²) in [5.41, 5.74) is 5.14. The summed E-state index contributed by atoms with van der Waals surface area (Å²) in [5, 5.41) is 16.5. The van der Waals surface area contributed by atoms with Crippen molar-refractivity contribution in [2.24, 2.45) is 7.05 Å². The number of aryl methyl sites for hydroxylation is 2. The van der Waals surface area contributed by atoms with Crippen LogP contribution in [0.25, 0.3) is 0 Å². The third kappa shape index (κ3) is 2.35. The van der Waals surface area contributed by atoms with Crippen LogP contribution in [-0.2, 0) is 13.6 Å². The van der Waals surface area contributed by atoms with Gasteiger partial charge in [-0.05, 0) is 38.1 Å². The number of nitriles is 1. The summed E-state index contributed by atoms with van der Waals surface area (Å²) >= 11 is 0. The maximum atomic E-state index is 8.73. The van der Waals surface area contributed by atoms with Crippen LogP contribution in [0, 0.1) is 25.2 Å². The van der Waals surface area contributed by atoms with Gasteiger partial charge >= 0.3 is 0 Å². The molecule has 0 bridgehead atoms. The predicted molar refractivity (Wildman–Crippen MR) is 71.2 cm³/mol. The van der Waals surface area contributed by atoms with E-state index in [0.717, 1.165) is 17.9 Å². The molecule has 1 aromatic heterocycles. The zero-order chi connectivity index (χ0) is 13.1. The highest BCUT2D eigenvalue weighted by Crippen LogP contribution is 2.15. The molecule has 1 N–H and O–H groups in total. The average Bonchev–Trinajstić information content (AvgIpc) is 2.62. The van der Waals surface area contributed by atoms with Crippen molar-refractivity contribution in [2.75, 3.05) is 5.32 Å². The molecule has 0 aliphatic carbocycles. The molecule has 4 heteroatoms. The molecule has 0 aliphatic rings. The topological polar surface area (TPSA) is 53.6 Å². The van der Waals surface area contributed by atoms with Crippen molar-refractivity contribution in [2.45, 2.75) is 20.4 Å². The second-order valence-electron chi connectivity index (χ2n) is 4.32. The second-order valence-corrected chi connectivity index (χ2v) is 4.32. The number of nitrogens with zero attached hydrogens (tertiary/aromatic N) is 3. The summed E-state index contributed by atoms with van der Waals surface area (Å²) in [6.07, 6.45) is 0. The van der Waals surface area contributed by atoms with Crippen LogP contribution < -0.4 is 5.32 Å². The molecule has 0 atom stereocenters. The number of aromatic nitrogens is 2. The largest absolute Gasteiger partial charge is 0.381 e. The quantitative estimate of drug-likeness (QED) is 0.896. The summed E-state index contributed by atoms with van der Waals surface area (Å²) in [4.78, 5) is 0. The summed E-state index contributed by atoms with van der Waals surface area (Å²) in [7, 11) is 1.95. The SMILES string of the molecule is Cc1nn(C)c(C)c1CNc1ccc(C#N)cc1. The van der Waals surface area contributed by atoms with Gasteiger partial charge in [-0.3, -0.25) is 4.68 Å². The molecule has 1 aromatic carbocycles. The van der Waals surface area contributed by atoms with Crippen molar-refractivity contribution in [3.8, 4) is 6.07 Å². The Kier molecular flexibility index (Phi) is 3.33. The Morgan fingerprint density at radius 3 is 2.44 bits per heavy atom. The van der Waals surface area contributed by atoms with Gasteiger partial charge in [0.1, 0.15) is 0 Å². The zero-order valence-electron chi connectivity index (χ0n) is 10.9. The Balaban J connectivity index is 2.09. The van der Waals surface area contributed by atoms with Crippen LogP contribution in [0.2, 0.25) is 0 Å². The first-order chi connectivity index (χ1) is 8.61. The molecule has 4 nitrogen and oxygen atoms in total. The fourth-order valence-corrected chi connectivity index (χ4v) is 1.93. The highest BCUT2D eigenvalue weighted by molar-refractivity contribution is 5.48. The van der Waals surface area contributed by atoms with Crippen LogP contribution in [-0.4, -0.2) is 9.78 Å². The molecule has 2 rings (SSSR count). The van der Waals surface area contributed by atoms with E-state index in [9.17, 15) is 0 Å². The smallest absolute Gasteiger partial charge is 0.0991 e. The van der Waals surface area contributed by atoms with Crippen LogP contribution in [0.1, 0.15) is 22.5 Å². The first-order valence-electron chi connectivity index (χ1n) is 5.85. The van der Waals surface area contributed by atoms with E-state index in [-0.39, 0.29) is 0 Å². The van der Waals surface area contributed by atoms with E-state index in [1.165, 1.54) is 11.3 Å². The Morgan fingerprint density at radius 1 is 1.28 bits per heavy atom. The predicted octanol–water partition coefficient (Wildman–Crippen LogP) is 2.52. The van der Waals surface area contributed by atoms with Crippen LogP contribution in [0.3, 0.4) is 0 Å². The van der Waals surface area contributed by atoms with E-state index in [0.29, 0.717) is 5.56 Å². The molecule has 0 unspecified atom stereocenters. The van der Waals surface area contributed by atoms with Gasteiger partial charge in [-0.25, -0.2) is 0 Å². The van der Waals surface area contributed by atoms with Crippen molar-refractivity contribution in [3.63, 3.8) is 0 Å². The van der Waals surface area contributed by atoms with Crippen LogP contribution >= 0.6 is 0 Å². The minimum absolute atomic E-state index is 0.675. The van der Waals surface area contributed by atoms with Gasteiger partial charge in [0.15, 0.2) is 0 Å². The lowest BCUT2D eigenvalue weighted by molar-refractivity contribution is 0.730. The van der Waals surface area contributed by atoms with E-state index in [4.69, 9.17) is 5.26 Å². The minimum atomic E-state index is 0.675. The number of nitrogens with one attached hydrogen (secondary N) is 1. The average molecular weight is 240 g/mol. The van der Waals surface area contributed by atoms with Crippen molar-refractivity contribution in [1.29, 1.82) is 5.26 Å². The molecule has 0 spiro atoms. The monoisotopic (exact) mass is 240 g/mol. The van der Waals surface area contributed by atoms with E-state index in [1.807, 2.05) is 42.9 Å². The fraction of sp³-hybridized carbons (Fsp3) is 0.286. The van der Waals surface area contributed by atoms with Crippen LogP contribution in [0.4, 0.5) is 5.69 Å². The zero-order valence-corrected chi connectivity index (χ0v) is 10.9. The van der Waals surface area contributed by atoms with Gasteiger partial charge < -0.3 is 5.32 Å². The second kappa shape index (κ2) is 4.92. The van der Waals surface area contributed by atoms with Gasteiger partial charge in [-0.1, -0.05) is 0 Å².